The molecule has 2 nitrogen and oxygen atoms in total. The van der Waals surface area contributed by atoms with Crippen molar-refractivity contribution in [1.29, 1.82) is 5.26 Å². The fourth-order valence-electron chi connectivity index (χ4n) is 0.499. The maximum absolute atomic E-state index is 6.50. The van der Waals surface area contributed by atoms with Gasteiger partial charge in [0.25, 0.3) is 0 Å². The summed E-state index contributed by atoms with van der Waals surface area (Å²) in [6, 6.07) is 3.94. The molecule has 0 spiro atoms. The summed E-state index contributed by atoms with van der Waals surface area (Å²) in [7, 11) is 0. The molecule has 0 atom stereocenters. The molecule has 1 aromatic rings. The molecule has 52 valence electrons. The van der Waals surface area contributed by atoms with Gasteiger partial charge in [0.2, 0.25) is 0 Å². The molecule has 0 aliphatic carbocycles. The number of nitriles is 1. The molecule has 0 aliphatic heterocycles. The molecule has 0 unspecified atom stereocenters. The Hall–Kier alpha value is -0.880. The first-order chi connectivity index (χ1) is 4.79. The molecule has 10 heavy (non-hydrogen) atoms. The van der Waals surface area contributed by atoms with Crippen LogP contribution in [0.4, 0.5) is 0 Å². The lowest BCUT2D eigenvalue weighted by Crippen LogP contribution is -1.73. The van der Waals surface area contributed by atoms with E-state index in [1.165, 1.54) is 5.56 Å². The third-order valence-corrected chi connectivity index (χ3v) is 1.32. The highest BCUT2D eigenvalue weighted by atomic mass is 79.9. The lowest BCUT2D eigenvalue weighted by molar-refractivity contribution is 1.24. The minimum Gasteiger partial charge on any atom is -0.249 e. The minimum absolute atomic E-state index is 0.900. The maximum atomic E-state index is 6.50. The largest absolute Gasteiger partial charge is 0.249 e. The summed E-state index contributed by atoms with van der Waals surface area (Å²) < 4.78 is 0.900. The fourth-order valence-corrected chi connectivity index (χ4v) is 0.979. The number of halogens is 1. The zero-order chi connectivity index (χ0) is 7.98. The number of pyridine rings is 1. The van der Waals surface area contributed by atoms with Crippen molar-refractivity contribution in [1.82, 2.24) is 4.98 Å². The molecular formula is C7H7BrN2. The quantitative estimate of drug-likeness (QED) is 0.601. The molecule has 0 radical (unpaired) electrons. The van der Waals surface area contributed by atoms with Gasteiger partial charge in [0.15, 0.2) is 0 Å². The van der Waals surface area contributed by atoms with Gasteiger partial charge in [-0.1, -0.05) is 0 Å². The van der Waals surface area contributed by atoms with E-state index in [0.29, 0.717) is 0 Å². The predicted octanol–water partition coefficient (Wildman–Crippen LogP) is 2.29. The SMILES string of the molecule is C#N.Cc1ccnc(Br)c1. The van der Waals surface area contributed by atoms with Crippen LogP contribution in [0.15, 0.2) is 22.9 Å². The van der Waals surface area contributed by atoms with Gasteiger partial charge in [-0.05, 0) is 40.5 Å². The molecular weight excluding hydrogens is 192 g/mol. The van der Waals surface area contributed by atoms with Crippen LogP contribution in [0.25, 0.3) is 0 Å². The predicted molar refractivity (Wildman–Crippen MR) is 43.3 cm³/mol. The molecule has 0 amide bonds. The first kappa shape index (κ1) is 9.12. The topological polar surface area (TPSA) is 36.7 Å². The van der Waals surface area contributed by atoms with Crippen molar-refractivity contribution < 1.29 is 0 Å². The van der Waals surface area contributed by atoms with E-state index in [1.54, 1.807) is 6.20 Å². The summed E-state index contributed by atoms with van der Waals surface area (Å²) in [6.45, 7) is 5.53. The highest BCUT2D eigenvalue weighted by Gasteiger charge is 1.83. The van der Waals surface area contributed by atoms with Crippen LogP contribution in [-0.2, 0) is 0 Å². The monoisotopic (exact) mass is 198 g/mol. The smallest absolute Gasteiger partial charge is 0.106 e. The second-order valence-electron chi connectivity index (χ2n) is 1.66. The van der Waals surface area contributed by atoms with Gasteiger partial charge in [-0.2, -0.15) is 0 Å². The average Bonchev–Trinajstić information content (AvgIpc) is 1.91. The number of aryl methyl sites for hydroxylation is 1. The van der Waals surface area contributed by atoms with Gasteiger partial charge in [0.1, 0.15) is 4.60 Å². The van der Waals surface area contributed by atoms with Gasteiger partial charge in [-0.3, -0.25) is 0 Å². The Morgan fingerprint density at radius 2 is 2.20 bits per heavy atom. The zero-order valence-electron chi connectivity index (χ0n) is 5.58. The maximum Gasteiger partial charge on any atom is 0.106 e. The van der Waals surface area contributed by atoms with Gasteiger partial charge in [-0.15, -0.1) is 0 Å². The summed E-state index contributed by atoms with van der Waals surface area (Å²) in [4.78, 5) is 3.96. The molecule has 0 saturated heterocycles. The van der Waals surface area contributed by atoms with Crippen molar-refractivity contribution in [3.63, 3.8) is 0 Å². The van der Waals surface area contributed by atoms with E-state index in [0.717, 1.165) is 4.60 Å². The third kappa shape index (κ3) is 3.21. The van der Waals surface area contributed by atoms with Crippen molar-refractivity contribution in [2.24, 2.45) is 0 Å². The first-order valence-corrected chi connectivity index (χ1v) is 3.42. The van der Waals surface area contributed by atoms with Crippen LogP contribution in [0.2, 0.25) is 0 Å². The molecule has 0 aliphatic rings. The standard InChI is InChI=1S/C6H6BrN.CHN/c1-5-2-3-8-6(7)4-5;1-2/h2-4H,1H3;1H. The van der Waals surface area contributed by atoms with Crippen LogP contribution in [0.5, 0.6) is 0 Å². The van der Waals surface area contributed by atoms with Gasteiger partial charge in [-0.25, -0.2) is 10.2 Å². The molecule has 0 fully saturated rings. The van der Waals surface area contributed by atoms with Crippen LogP contribution in [0.3, 0.4) is 0 Å². The summed E-state index contributed by atoms with van der Waals surface area (Å²) in [5, 5.41) is 6.50. The lowest BCUT2D eigenvalue weighted by atomic mass is 10.3. The van der Waals surface area contributed by atoms with Crippen molar-refractivity contribution in [2.45, 2.75) is 6.92 Å². The summed E-state index contributed by atoms with van der Waals surface area (Å²) in [5.41, 5.74) is 1.23. The van der Waals surface area contributed by atoms with Crippen LogP contribution >= 0.6 is 15.9 Å². The van der Waals surface area contributed by atoms with E-state index in [-0.39, 0.29) is 0 Å². The van der Waals surface area contributed by atoms with E-state index in [9.17, 15) is 0 Å². The highest BCUT2D eigenvalue weighted by Crippen LogP contribution is 2.05. The van der Waals surface area contributed by atoms with Crippen molar-refractivity contribution in [3.05, 3.63) is 28.5 Å². The van der Waals surface area contributed by atoms with Crippen LogP contribution in [0.1, 0.15) is 5.56 Å². The first-order valence-electron chi connectivity index (χ1n) is 2.63. The minimum atomic E-state index is 0.900. The lowest BCUT2D eigenvalue weighted by Gasteiger charge is -1.88. The summed E-state index contributed by atoms with van der Waals surface area (Å²) in [5.74, 6) is 0. The third-order valence-electron chi connectivity index (χ3n) is 0.882. The Morgan fingerprint density at radius 1 is 1.60 bits per heavy atom. The molecule has 0 N–H and O–H groups in total. The van der Waals surface area contributed by atoms with E-state index in [1.807, 2.05) is 19.1 Å². The van der Waals surface area contributed by atoms with E-state index in [2.05, 4.69) is 27.5 Å². The molecule has 3 heteroatoms. The number of nitrogens with zero attached hydrogens (tertiary/aromatic N) is 2. The molecule has 1 aromatic heterocycles. The van der Waals surface area contributed by atoms with Gasteiger partial charge < -0.3 is 0 Å². The Morgan fingerprint density at radius 3 is 2.50 bits per heavy atom. The van der Waals surface area contributed by atoms with E-state index < -0.39 is 0 Å². The van der Waals surface area contributed by atoms with Crippen LogP contribution in [0, 0.1) is 18.8 Å². The Labute approximate surface area is 68.6 Å². The number of hydrogen-bond acceptors (Lipinski definition) is 2. The second-order valence-corrected chi connectivity index (χ2v) is 2.47. The van der Waals surface area contributed by atoms with Gasteiger partial charge in [0, 0.05) is 12.8 Å². The van der Waals surface area contributed by atoms with Crippen molar-refractivity contribution in [2.75, 3.05) is 0 Å². The zero-order valence-corrected chi connectivity index (χ0v) is 7.17. The molecule has 1 heterocycles. The summed E-state index contributed by atoms with van der Waals surface area (Å²) >= 11 is 3.25. The van der Waals surface area contributed by atoms with E-state index in [4.69, 9.17) is 5.26 Å². The van der Waals surface area contributed by atoms with Crippen molar-refractivity contribution >= 4 is 15.9 Å². The molecule has 1 rings (SSSR count). The normalized spacial score (nSPS) is 7.60. The molecule has 0 aromatic carbocycles. The Balaban J connectivity index is 0.000000371. The van der Waals surface area contributed by atoms with Gasteiger partial charge in [0.05, 0.1) is 0 Å². The number of rotatable bonds is 0. The van der Waals surface area contributed by atoms with E-state index >= 15 is 0 Å². The Bertz CT molecular complexity index is 203. The second kappa shape index (κ2) is 4.95. The molecule has 0 saturated carbocycles. The molecule has 0 bridgehead atoms. The van der Waals surface area contributed by atoms with Gasteiger partial charge >= 0.3 is 0 Å². The highest BCUT2D eigenvalue weighted by molar-refractivity contribution is 9.10. The number of aromatic nitrogens is 1. The number of hydrogen-bond donors (Lipinski definition) is 0. The van der Waals surface area contributed by atoms with Crippen molar-refractivity contribution in [3.8, 4) is 6.57 Å². The van der Waals surface area contributed by atoms with Crippen LogP contribution in [-0.4, -0.2) is 4.98 Å². The fraction of sp³-hybridized carbons (Fsp3) is 0.143. The summed E-state index contributed by atoms with van der Waals surface area (Å²) in [6.07, 6.45) is 1.78. The Kier molecular flexibility index (Phi) is 4.51. The average molecular weight is 199 g/mol. The van der Waals surface area contributed by atoms with Crippen LogP contribution < -0.4 is 0 Å².